The average molecular weight is 524 g/mol. The number of nitrogens with one attached hydrogen (secondary N) is 1. The molecule has 1 fully saturated rings. The van der Waals surface area contributed by atoms with Crippen molar-refractivity contribution >= 4 is 43.3 Å². The van der Waals surface area contributed by atoms with Gasteiger partial charge in [0.15, 0.2) is 11.6 Å². The second-order valence-corrected chi connectivity index (χ2v) is 10.6. The van der Waals surface area contributed by atoms with Crippen molar-refractivity contribution < 1.29 is 18.6 Å². The lowest BCUT2D eigenvalue weighted by atomic mass is 9.94. The van der Waals surface area contributed by atoms with E-state index in [9.17, 15) is 14.8 Å². The first kappa shape index (κ1) is 23.9. The number of hydrogen-bond donors (Lipinski definition) is 3. The molecule has 2 aliphatic rings. The summed E-state index contributed by atoms with van der Waals surface area (Å²) in [7, 11) is 0. The van der Waals surface area contributed by atoms with Crippen LogP contribution >= 0.6 is 11.3 Å². The number of benzene rings is 1. The van der Waals surface area contributed by atoms with E-state index >= 15 is 4.39 Å². The highest BCUT2D eigenvalue weighted by Gasteiger charge is 2.34. The zero-order valence-corrected chi connectivity index (χ0v) is 20.9. The highest BCUT2D eigenvalue weighted by molar-refractivity contribution is 7.23. The molecule has 2 atom stereocenters. The Balaban J connectivity index is 1.55. The van der Waals surface area contributed by atoms with Gasteiger partial charge in [0.1, 0.15) is 16.6 Å². The minimum absolute atomic E-state index is 0.0623. The summed E-state index contributed by atoms with van der Waals surface area (Å²) >= 11 is 0.930. The van der Waals surface area contributed by atoms with Gasteiger partial charge in [0, 0.05) is 41.7 Å². The lowest BCUT2D eigenvalue weighted by Crippen LogP contribution is -2.42. The van der Waals surface area contributed by atoms with Gasteiger partial charge in [-0.05, 0) is 11.1 Å². The van der Waals surface area contributed by atoms with E-state index in [1.807, 2.05) is 24.8 Å². The fourth-order valence-electron chi connectivity index (χ4n) is 5.23. The third-order valence-corrected chi connectivity index (χ3v) is 7.88. The predicted molar refractivity (Wildman–Crippen MR) is 136 cm³/mol. The average Bonchev–Trinajstić information content (AvgIpc) is 3.57. The molecule has 0 radical (unpaired) electrons. The van der Waals surface area contributed by atoms with Crippen molar-refractivity contribution in [3.8, 4) is 17.3 Å². The summed E-state index contributed by atoms with van der Waals surface area (Å²) in [5.41, 5.74) is 7.65. The number of aliphatic hydroxyl groups is 1. The topological polar surface area (TPSA) is 133 Å². The Labute approximate surface area is 214 Å². The first-order chi connectivity index (χ1) is 17.8. The standard InChI is InChI=1S/C25H23F2N7O2S/c1-10(2)32-16-6-34(7-17(16)35)25-31-4-12-13-8-36-9-14(13)18(20(27)21(12)33-25)22-19-11(3-28)24(29)37-23(19)15(26)5-30-22/h4-5,10,16-17,32,35H,6-9,29H2,1-2H3/t16-,17-/m1/s1. The Morgan fingerprint density at radius 2 is 2.03 bits per heavy atom. The van der Waals surface area contributed by atoms with Crippen LogP contribution in [0.25, 0.3) is 32.2 Å². The van der Waals surface area contributed by atoms with Gasteiger partial charge in [-0.2, -0.15) is 5.26 Å². The van der Waals surface area contributed by atoms with E-state index in [1.54, 1.807) is 6.20 Å². The molecule has 2 aliphatic heterocycles. The number of aliphatic hydroxyl groups excluding tert-OH is 1. The van der Waals surface area contributed by atoms with Crippen molar-refractivity contribution in [3.63, 3.8) is 0 Å². The summed E-state index contributed by atoms with van der Waals surface area (Å²) in [6.07, 6.45) is 1.96. The number of hydrogen-bond acceptors (Lipinski definition) is 10. The van der Waals surface area contributed by atoms with Gasteiger partial charge in [0.2, 0.25) is 5.95 Å². The van der Waals surface area contributed by atoms with Crippen LogP contribution in [0.4, 0.5) is 19.7 Å². The number of nitriles is 1. The summed E-state index contributed by atoms with van der Waals surface area (Å²) in [4.78, 5) is 15.1. The van der Waals surface area contributed by atoms with Crippen LogP contribution in [0.15, 0.2) is 12.4 Å². The number of halogens is 2. The molecule has 4 N–H and O–H groups in total. The second kappa shape index (κ2) is 8.81. The highest BCUT2D eigenvalue weighted by Crippen LogP contribution is 2.45. The highest BCUT2D eigenvalue weighted by atomic mass is 32.1. The number of nitrogens with zero attached hydrogens (tertiary/aromatic N) is 5. The third-order valence-electron chi connectivity index (χ3n) is 6.85. The predicted octanol–water partition coefficient (Wildman–Crippen LogP) is 3.22. The molecule has 0 bridgehead atoms. The summed E-state index contributed by atoms with van der Waals surface area (Å²) in [6, 6.07) is 2.03. The van der Waals surface area contributed by atoms with Crippen molar-refractivity contribution in [2.75, 3.05) is 23.7 Å². The Kier molecular flexibility index (Phi) is 5.68. The molecule has 4 aromatic rings. The Hall–Kier alpha value is -3.50. The number of nitrogen functional groups attached to an aromatic ring is 1. The van der Waals surface area contributed by atoms with Gasteiger partial charge in [-0.1, -0.05) is 13.8 Å². The summed E-state index contributed by atoms with van der Waals surface area (Å²) < 4.78 is 36.8. The minimum Gasteiger partial charge on any atom is -0.390 e. The molecule has 37 heavy (non-hydrogen) atoms. The van der Waals surface area contributed by atoms with E-state index in [2.05, 4.69) is 20.3 Å². The summed E-state index contributed by atoms with van der Waals surface area (Å²) in [5.74, 6) is -1.00. The Bertz CT molecular complexity index is 1620. The SMILES string of the molecule is CC(C)N[C@@H]1CN(c2ncc3c4c(c(-c5ncc(F)c6sc(N)c(C#N)c56)c(F)c3n2)COC4)C[C@H]1O. The zero-order valence-electron chi connectivity index (χ0n) is 20.0. The molecule has 6 rings (SSSR count). The van der Waals surface area contributed by atoms with Crippen LogP contribution < -0.4 is 16.0 Å². The number of rotatable bonds is 4. The first-order valence-corrected chi connectivity index (χ1v) is 12.6. The number of thiophene rings is 1. The molecule has 0 saturated carbocycles. The number of β-amino-alcohol motifs (C(OH)–C–C–N with tert-alkyl or cyclic N) is 1. The molecule has 190 valence electrons. The molecule has 9 nitrogen and oxygen atoms in total. The van der Waals surface area contributed by atoms with Gasteiger partial charge >= 0.3 is 0 Å². The Morgan fingerprint density at radius 3 is 2.78 bits per heavy atom. The summed E-state index contributed by atoms with van der Waals surface area (Å²) in [6.45, 7) is 5.13. The molecule has 3 aromatic heterocycles. The van der Waals surface area contributed by atoms with Gasteiger partial charge in [-0.3, -0.25) is 4.98 Å². The molecular weight excluding hydrogens is 500 g/mol. The lowest BCUT2D eigenvalue weighted by molar-refractivity contribution is 0.135. The Morgan fingerprint density at radius 1 is 1.24 bits per heavy atom. The number of aromatic nitrogens is 3. The monoisotopic (exact) mass is 523 g/mol. The van der Waals surface area contributed by atoms with E-state index in [-0.39, 0.29) is 68.7 Å². The van der Waals surface area contributed by atoms with Gasteiger partial charge < -0.3 is 25.8 Å². The minimum atomic E-state index is -0.659. The molecule has 0 aliphatic carbocycles. The first-order valence-electron chi connectivity index (χ1n) is 11.8. The zero-order chi connectivity index (χ0) is 26.0. The van der Waals surface area contributed by atoms with Crippen LogP contribution in [0, 0.1) is 23.0 Å². The van der Waals surface area contributed by atoms with Crippen molar-refractivity contribution in [3.05, 3.63) is 40.7 Å². The number of pyridine rings is 1. The molecular formula is C25H23F2N7O2S. The number of anilines is 2. The van der Waals surface area contributed by atoms with E-state index in [0.29, 0.717) is 24.0 Å². The normalized spacial score (nSPS) is 19.3. The van der Waals surface area contributed by atoms with Crippen LogP contribution in [0.2, 0.25) is 0 Å². The number of nitrogens with two attached hydrogens (primary N) is 1. The van der Waals surface area contributed by atoms with E-state index in [1.165, 1.54) is 0 Å². The van der Waals surface area contributed by atoms with Gasteiger partial charge in [0.25, 0.3) is 0 Å². The largest absolute Gasteiger partial charge is 0.390 e. The molecule has 1 saturated heterocycles. The fourth-order valence-corrected chi connectivity index (χ4v) is 6.15. The fraction of sp³-hybridized carbons (Fsp3) is 0.360. The van der Waals surface area contributed by atoms with E-state index in [4.69, 9.17) is 10.5 Å². The third kappa shape index (κ3) is 3.69. The smallest absolute Gasteiger partial charge is 0.226 e. The van der Waals surface area contributed by atoms with Crippen LogP contribution in [0.1, 0.15) is 30.5 Å². The van der Waals surface area contributed by atoms with Gasteiger partial charge in [-0.15, -0.1) is 11.3 Å². The van der Waals surface area contributed by atoms with E-state index in [0.717, 1.165) is 23.1 Å². The van der Waals surface area contributed by atoms with Crippen LogP contribution in [0.5, 0.6) is 0 Å². The quantitative estimate of drug-likeness (QED) is 0.369. The lowest BCUT2D eigenvalue weighted by Gasteiger charge is -2.19. The summed E-state index contributed by atoms with van der Waals surface area (Å²) in [5, 5.41) is 24.4. The van der Waals surface area contributed by atoms with Crippen molar-refractivity contribution in [1.82, 2.24) is 20.3 Å². The van der Waals surface area contributed by atoms with Crippen LogP contribution in [-0.4, -0.2) is 51.3 Å². The van der Waals surface area contributed by atoms with Gasteiger partial charge in [-0.25, -0.2) is 18.7 Å². The molecule has 1 aromatic carbocycles. The van der Waals surface area contributed by atoms with Crippen molar-refractivity contribution in [2.24, 2.45) is 0 Å². The number of ether oxygens (including phenoxy) is 1. The second-order valence-electron chi connectivity index (χ2n) is 9.58. The van der Waals surface area contributed by atoms with Crippen LogP contribution in [-0.2, 0) is 18.0 Å². The molecule has 0 spiro atoms. The molecule has 12 heteroatoms. The van der Waals surface area contributed by atoms with E-state index < -0.39 is 17.7 Å². The maximum absolute atomic E-state index is 16.4. The number of fused-ring (bicyclic) bond motifs is 4. The maximum Gasteiger partial charge on any atom is 0.226 e. The van der Waals surface area contributed by atoms with Gasteiger partial charge in [0.05, 0.1) is 47.5 Å². The molecule has 0 unspecified atom stereocenters. The molecule has 0 amide bonds. The van der Waals surface area contributed by atoms with Crippen molar-refractivity contribution in [1.29, 1.82) is 5.26 Å². The maximum atomic E-state index is 16.4. The molecule has 5 heterocycles. The van der Waals surface area contributed by atoms with Crippen LogP contribution in [0.3, 0.4) is 0 Å². The van der Waals surface area contributed by atoms with Crippen molar-refractivity contribution in [2.45, 2.75) is 45.2 Å².